The van der Waals surface area contributed by atoms with Crippen LogP contribution in [0.3, 0.4) is 0 Å². The molecule has 0 spiro atoms. The van der Waals surface area contributed by atoms with E-state index in [-0.39, 0.29) is 35.0 Å². The first-order chi connectivity index (χ1) is 15.7. The third kappa shape index (κ3) is 5.16. The quantitative estimate of drug-likeness (QED) is 0.494. The Morgan fingerprint density at radius 3 is 2.58 bits per heavy atom. The molecule has 0 aliphatic carbocycles. The number of para-hydroxylation sites is 1. The maximum atomic E-state index is 14.5. The lowest BCUT2D eigenvalue weighted by atomic mass is 10.0. The van der Waals surface area contributed by atoms with Gasteiger partial charge in [0.1, 0.15) is 11.8 Å². The van der Waals surface area contributed by atoms with Crippen molar-refractivity contribution in [3.8, 4) is 11.8 Å². The van der Waals surface area contributed by atoms with Crippen molar-refractivity contribution in [1.29, 1.82) is 5.26 Å². The monoisotopic (exact) mass is 460 g/mol. The molecule has 3 rings (SSSR count). The summed E-state index contributed by atoms with van der Waals surface area (Å²) in [6, 6.07) is 6.24. The van der Waals surface area contributed by atoms with Crippen molar-refractivity contribution in [3.05, 3.63) is 71.1 Å². The van der Waals surface area contributed by atoms with Gasteiger partial charge in [0.25, 0.3) is 5.91 Å². The number of benzene rings is 1. The molecule has 0 aliphatic heterocycles. The zero-order valence-electron chi connectivity index (χ0n) is 17.8. The van der Waals surface area contributed by atoms with Crippen molar-refractivity contribution < 1.29 is 22.4 Å². The SMILES string of the molecule is CCN(C(=O)c1cccc(F)c1-n1nccn1)[C@@H](C)CCc1ncc(C(F)(F)F)cc1C#N. The van der Waals surface area contributed by atoms with Crippen LogP contribution in [0.15, 0.2) is 42.9 Å². The number of nitriles is 1. The Balaban J connectivity index is 1.81. The molecule has 33 heavy (non-hydrogen) atoms. The van der Waals surface area contributed by atoms with Crippen LogP contribution >= 0.6 is 0 Å². The second-order valence-corrected chi connectivity index (χ2v) is 7.26. The van der Waals surface area contributed by atoms with E-state index in [4.69, 9.17) is 0 Å². The van der Waals surface area contributed by atoms with Gasteiger partial charge in [-0.25, -0.2) is 4.39 Å². The van der Waals surface area contributed by atoms with Gasteiger partial charge in [-0.15, -0.1) is 4.80 Å². The van der Waals surface area contributed by atoms with Gasteiger partial charge in [-0.1, -0.05) is 6.07 Å². The molecule has 7 nitrogen and oxygen atoms in total. The fraction of sp³-hybridized carbons (Fsp3) is 0.318. The van der Waals surface area contributed by atoms with Crippen LogP contribution in [0.1, 0.15) is 47.4 Å². The van der Waals surface area contributed by atoms with Crippen LogP contribution in [0.5, 0.6) is 0 Å². The highest BCUT2D eigenvalue weighted by atomic mass is 19.4. The lowest BCUT2D eigenvalue weighted by molar-refractivity contribution is -0.137. The number of amides is 1. The minimum Gasteiger partial charge on any atom is -0.336 e. The van der Waals surface area contributed by atoms with E-state index in [0.29, 0.717) is 19.2 Å². The number of hydrogen-bond donors (Lipinski definition) is 0. The van der Waals surface area contributed by atoms with E-state index in [1.165, 1.54) is 35.5 Å². The summed E-state index contributed by atoms with van der Waals surface area (Å²) in [6.07, 6.45) is -0.656. The summed E-state index contributed by atoms with van der Waals surface area (Å²) < 4.78 is 53.2. The summed E-state index contributed by atoms with van der Waals surface area (Å²) in [7, 11) is 0. The van der Waals surface area contributed by atoms with Gasteiger partial charge in [-0.05, 0) is 44.9 Å². The normalized spacial score (nSPS) is 12.3. The van der Waals surface area contributed by atoms with Gasteiger partial charge in [0.05, 0.1) is 34.8 Å². The fourth-order valence-electron chi connectivity index (χ4n) is 3.48. The van der Waals surface area contributed by atoms with Gasteiger partial charge in [0, 0.05) is 18.8 Å². The van der Waals surface area contributed by atoms with E-state index in [1.807, 2.05) is 0 Å². The Labute approximate surface area is 187 Å². The number of aromatic nitrogens is 4. The molecule has 0 saturated carbocycles. The molecule has 0 saturated heterocycles. The first-order valence-corrected chi connectivity index (χ1v) is 10.1. The number of halogens is 4. The Kier molecular flexibility index (Phi) is 7.06. The van der Waals surface area contributed by atoms with E-state index in [1.54, 1.807) is 19.9 Å². The van der Waals surface area contributed by atoms with E-state index in [2.05, 4.69) is 15.2 Å². The molecule has 172 valence electrons. The maximum absolute atomic E-state index is 14.5. The summed E-state index contributed by atoms with van der Waals surface area (Å²) >= 11 is 0. The minimum atomic E-state index is -4.60. The van der Waals surface area contributed by atoms with Gasteiger partial charge >= 0.3 is 6.18 Å². The molecule has 0 unspecified atom stereocenters. The Morgan fingerprint density at radius 1 is 1.27 bits per heavy atom. The van der Waals surface area contributed by atoms with Crippen molar-refractivity contribution >= 4 is 5.91 Å². The summed E-state index contributed by atoms with van der Waals surface area (Å²) in [4.78, 5) is 19.6. The Bertz CT molecular complexity index is 1170. The largest absolute Gasteiger partial charge is 0.417 e. The van der Waals surface area contributed by atoms with Crippen LogP contribution in [0.4, 0.5) is 17.6 Å². The van der Waals surface area contributed by atoms with Gasteiger partial charge in [-0.3, -0.25) is 9.78 Å². The molecule has 0 fully saturated rings. The standard InChI is InChI=1S/C22H20F4N6O/c1-3-31(21(33)17-5-4-6-18(23)20(17)32-29-9-10-30-32)14(2)7-8-19-15(12-27)11-16(13-28-19)22(24,25)26/h4-6,9-11,13-14H,3,7-8H2,1-2H3/t14-/m0/s1. The number of aryl methyl sites for hydroxylation is 1. The predicted molar refractivity (Wildman–Crippen MR) is 110 cm³/mol. The highest BCUT2D eigenvalue weighted by Crippen LogP contribution is 2.30. The van der Waals surface area contributed by atoms with Crippen LogP contribution < -0.4 is 0 Å². The average Bonchev–Trinajstić information content (AvgIpc) is 3.31. The Hall–Kier alpha value is -3.81. The summed E-state index contributed by atoms with van der Waals surface area (Å²) in [5, 5.41) is 17.1. The lowest BCUT2D eigenvalue weighted by Crippen LogP contribution is -2.39. The first kappa shape index (κ1) is 23.8. The molecule has 1 aromatic carbocycles. The average molecular weight is 460 g/mol. The molecular weight excluding hydrogens is 440 g/mol. The van der Waals surface area contributed by atoms with E-state index in [9.17, 15) is 27.6 Å². The molecule has 2 aromatic heterocycles. The van der Waals surface area contributed by atoms with Crippen LogP contribution in [-0.2, 0) is 12.6 Å². The molecule has 3 aromatic rings. The van der Waals surface area contributed by atoms with Crippen molar-refractivity contribution in [3.63, 3.8) is 0 Å². The first-order valence-electron chi connectivity index (χ1n) is 10.1. The second-order valence-electron chi connectivity index (χ2n) is 7.26. The fourth-order valence-corrected chi connectivity index (χ4v) is 3.48. The van der Waals surface area contributed by atoms with Crippen LogP contribution in [0.25, 0.3) is 5.69 Å². The third-order valence-corrected chi connectivity index (χ3v) is 5.19. The molecule has 1 atom stereocenters. The van der Waals surface area contributed by atoms with Crippen molar-refractivity contribution in [2.75, 3.05) is 6.54 Å². The van der Waals surface area contributed by atoms with E-state index < -0.39 is 23.5 Å². The van der Waals surface area contributed by atoms with Gasteiger partial charge in [-0.2, -0.15) is 28.6 Å². The molecule has 1 amide bonds. The molecule has 11 heteroatoms. The van der Waals surface area contributed by atoms with E-state index >= 15 is 0 Å². The number of nitrogens with zero attached hydrogens (tertiary/aromatic N) is 6. The molecular formula is C22H20F4N6O. The van der Waals surface area contributed by atoms with Gasteiger partial charge < -0.3 is 4.90 Å². The van der Waals surface area contributed by atoms with Crippen molar-refractivity contribution in [2.45, 2.75) is 38.9 Å². The smallest absolute Gasteiger partial charge is 0.336 e. The van der Waals surface area contributed by atoms with Gasteiger partial charge in [0.2, 0.25) is 0 Å². The third-order valence-electron chi connectivity index (χ3n) is 5.19. The van der Waals surface area contributed by atoms with Crippen LogP contribution in [0, 0.1) is 17.1 Å². The number of pyridine rings is 1. The summed E-state index contributed by atoms with van der Waals surface area (Å²) in [6.45, 7) is 3.83. The van der Waals surface area contributed by atoms with E-state index in [0.717, 1.165) is 10.9 Å². The molecule has 0 bridgehead atoms. The van der Waals surface area contributed by atoms with Gasteiger partial charge in [0.15, 0.2) is 5.82 Å². The topological polar surface area (TPSA) is 87.7 Å². The summed E-state index contributed by atoms with van der Waals surface area (Å²) in [5.74, 6) is -1.11. The molecule has 2 heterocycles. The van der Waals surface area contributed by atoms with Crippen molar-refractivity contribution in [2.24, 2.45) is 0 Å². The number of hydrogen-bond acceptors (Lipinski definition) is 5. The van der Waals surface area contributed by atoms with Crippen molar-refractivity contribution in [1.82, 2.24) is 24.9 Å². The zero-order valence-corrected chi connectivity index (χ0v) is 17.8. The van der Waals surface area contributed by atoms with Crippen LogP contribution in [-0.4, -0.2) is 43.4 Å². The highest BCUT2D eigenvalue weighted by Gasteiger charge is 2.32. The predicted octanol–water partition coefficient (Wildman–Crippen LogP) is 4.18. The zero-order chi connectivity index (χ0) is 24.2. The molecule has 0 aliphatic rings. The number of alkyl halides is 3. The molecule has 0 N–H and O–H groups in total. The second kappa shape index (κ2) is 9.77. The maximum Gasteiger partial charge on any atom is 0.417 e. The summed E-state index contributed by atoms with van der Waals surface area (Å²) in [5.41, 5.74) is -0.941. The Morgan fingerprint density at radius 2 is 1.97 bits per heavy atom. The molecule has 0 radical (unpaired) electrons. The minimum absolute atomic E-state index is 0.0743. The number of carbonyl (C=O) groups is 1. The highest BCUT2D eigenvalue weighted by molar-refractivity contribution is 5.98. The number of carbonyl (C=O) groups excluding carboxylic acids is 1. The van der Waals surface area contributed by atoms with Crippen LogP contribution in [0.2, 0.25) is 0 Å². The lowest BCUT2D eigenvalue weighted by Gasteiger charge is -2.29. The number of rotatable bonds is 7.